The van der Waals surface area contributed by atoms with Gasteiger partial charge in [-0.15, -0.1) is 0 Å². The largest absolute Gasteiger partial charge is 0.356 e. The smallest absolute Gasteiger partial charge is 0.128 e. The number of pyridine rings is 1. The average molecular weight is 230 g/mol. The average Bonchev–Trinajstić information content (AvgIpc) is 2.78. The molecule has 1 unspecified atom stereocenters. The van der Waals surface area contributed by atoms with E-state index in [1.54, 1.807) is 0 Å². The second-order valence-electron chi connectivity index (χ2n) is 4.57. The lowest BCUT2D eigenvalue weighted by molar-refractivity contribution is 0.549. The molecule has 2 rings (SSSR count). The van der Waals surface area contributed by atoms with Gasteiger partial charge in [0.25, 0.3) is 0 Å². The van der Waals surface area contributed by atoms with Gasteiger partial charge in [-0.1, -0.05) is 0 Å². The Morgan fingerprint density at radius 3 is 3.06 bits per heavy atom. The minimum atomic E-state index is 0.666. The summed E-state index contributed by atoms with van der Waals surface area (Å²) in [5, 5.41) is 12.1. The highest BCUT2D eigenvalue weighted by molar-refractivity contribution is 5.45. The van der Waals surface area contributed by atoms with Crippen molar-refractivity contribution in [3.05, 3.63) is 23.4 Å². The molecule has 4 heteroatoms. The van der Waals surface area contributed by atoms with Crippen LogP contribution in [0.2, 0.25) is 0 Å². The minimum absolute atomic E-state index is 0.666. The van der Waals surface area contributed by atoms with Crippen LogP contribution in [0.3, 0.4) is 0 Å². The summed E-state index contributed by atoms with van der Waals surface area (Å²) in [6.07, 6.45) is 1.21. The first kappa shape index (κ1) is 11.9. The quantitative estimate of drug-likeness (QED) is 0.850. The number of aromatic nitrogens is 1. The zero-order valence-electron chi connectivity index (χ0n) is 10.4. The summed E-state index contributed by atoms with van der Waals surface area (Å²) in [5.41, 5.74) is 1.49. The standard InChI is InChI=1S/C13H18N4/c1-10-12(7-14)3-4-13(16-10)17-6-5-11(9-17)8-15-2/h3-4,11,15H,5-6,8-9H2,1-2H3. The highest BCUT2D eigenvalue weighted by Gasteiger charge is 2.22. The Morgan fingerprint density at radius 2 is 2.41 bits per heavy atom. The normalized spacial score (nSPS) is 19.4. The first-order valence-electron chi connectivity index (χ1n) is 6.02. The number of aryl methyl sites for hydroxylation is 1. The zero-order valence-corrected chi connectivity index (χ0v) is 10.4. The van der Waals surface area contributed by atoms with Crippen LogP contribution in [0.1, 0.15) is 17.7 Å². The number of rotatable bonds is 3. The predicted molar refractivity (Wildman–Crippen MR) is 67.9 cm³/mol. The van der Waals surface area contributed by atoms with Crippen molar-refractivity contribution in [2.45, 2.75) is 13.3 Å². The molecular weight excluding hydrogens is 212 g/mol. The fraction of sp³-hybridized carbons (Fsp3) is 0.538. The summed E-state index contributed by atoms with van der Waals surface area (Å²) in [5.74, 6) is 1.71. The number of anilines is 1. The van der Waals surface area contributed by atoms with Gasteiger partial charge in [-0.2, -0.15) is 5.26 Å². The number of nitriles is 1. The van der Waals surface area contributed by atoms with Crippen LogP contribution in [0.15, 0.2) is 12.1 Å². The van der Waals surface area contributed by atoms with E-state index in [1.807, 2.05) is 26.1 Å². The van der Waals surface area contributed by atoms with Crippen molar-refractivity contribution >= 4 is 5.82 Å². The van der Waals surface area contributed by atoms with Crippen LogP contribution in [0, 0.1) is 24.2 Å². The summed E-state index contributed by atoms with van der Waals surface area (Å²) in [7, 11) is 1.99. The van der Waals surface area contributed by atoms with Gasteiger partial charge in [-0.25, -0.2) is 4.98 Å². The monoisotopic (exact) mass is 230 g/mol. The van der Waals surface area contributed by atoms with E-state index in [-0.39, 0.29) is 0 Å². The third-order valence-corrected chi connectivity index (χ3v) is 3.29. The maximum atomic E-state index is 8.87. The van der Waals surface area contributed by atoms with Crippen molar-refractivity contribution in [2.75, 3.05) is 31.6 Å². The maximum Gasteiger partial charge on any atom is 0.128 e. The molecule has 4 nitrogen and oxygen atoms in total. The third-order valence-electron chi connectivity index (χ3n) is 3.29. The van der Waals surface area contributed by atoms with Gasteiger partial charge in [0.05, 0.1) is 11.3 Å². The lowest BCUT2D eigenvalue weighted by Crippen LogP contribution is -2.25. The molecule has 1 aliphatic heterocycles. The molecule has 1 atom stereocenters. The van der Waals surface area contributed by atoms with Crippen molar-refractivity contribution in [3.8, 4) is 6.07 Å². The van der Waals surface area contributed by atoms with E-state index in [0.29, 0.717) is 11.5 Å². The molecule has 2 heterocycles. The molecule has 1 aromatic heterocycles. The van der Waals surface area contributed by atoms with Gasteiger partial charge in [-0.3, -0.25) is 0 Å². The van der Waals surface area contributed by atoms with Crippen molar-refractivity contribution in [1.82, 2.24) is 10.3 Å². The van der Waals surface area contributed by atoms with Crippen LogP contribution in [0.4, 0.5) is 5.82 Å². The van der Waals surface area contributed by atoms with Crippen molar-refractivity contribution in [2.24, 2.45) is 5.92 Å². The van der Waals surface area contributed by atoms with Gasteiger partial charge in [0.2, 0.25) is 0 Å². The Morgan fingerprint density at radius 1 is 1.59 bits per heavy atom. The lowest BCUT2D eigenvalue weighted by Gasteiger charge is -2.18. The van der Waals surface area contributed by atoms with Crippen LogP contribution in [0.25, 0.3) is 0 Å². The van der Waals surface area contributed by atoms with E-state index in [9.17, 15) is 0 Å². The van der Waals surface area contributed by atoms with Gasteiger partial charge in [0.1, 0.15) is 11.9 Å². The fourth-order valence-corrected chi connectivity index (χ4v) is 2.34. The third kappa shape index (κ3) is 2.56. The van der Waals surface area contributed by atoms with E-state index < -0.39 is 0 Å². The molecule has 1 aromatic rings. The molecule has 1 aliphatic rings. The number of nitrogens with one attached hydrogen (secondary N) is 1. The van der Waals surface area contributed by atoms with Gasteiger partial charge in [0, 0.05) is 13.1 Å². The number of hydrogen-bond acceptors (Lipinski definition) is 4. The van der Waals surface area contributed by atoms with Gasteiger partial charge in [-0.05, 0) is 45.0 Å². The van der Waals surface area contributed by atoms with Gasteiger partial charge < -0.3 is 10.2 Å². The first-order chi connectivity index (χ1) is 8.24. The molecule has 1 N–H and O–H groups in total. The molecule has 90 valence electrons. The molecule has 17 heavy (non-hydrogen) atoms. The number of nitrogens with zero attached hydrogens (tertiary/aromatic N) is 3. The van der Waals surface area contributed by atoms with Gasteiger partial charge >= 0.3 is 0 Å². The molecular formula is C13H18N4. The molecule has 0 amide bonds. The van der Waals surface area contributed by atoms with E-state index in [1.165, 1.54) is 6.42 Å². The second-order valence-corrected chi connectivity index (χ2v) is 4.57. The molecule has 0 aromatic carbocycles. The van der Waals surface area contributed by atoms with Gasteiger partial charge in [0.15, 0.2) is 0 Å². The summed E-state index contributed by atoms with van der Waals surface area (Å²) in [4.78, 5) is 6.81. The van der Waals surface area contributed by atoms with E-state index >= 15 is 0 Å². The summed E-state index contributed by atoms with van der Waals surface area (Å²) in [6.45, 7) is 5.07. The van der Waals surface area contributed by atoms with Crippen molar-refractivity contribution < 1.29 is 0 Å². The molecule has 0 aliphatic carbocycles. The summed E-state index contributed by atoms with van der Waals surface area (Å²) >= 11 is 0. The summed E-state index contributed by atoms with van der Waals surface area (Å²) < 4.78 is 0. The maximum absolute atomic E-state index is 8.87. The topological polar surface area (TPSA) is 52.0 Å². The number of hydrogen-bond donors (Lipinski definition) is 1. The molecule has 0 spiro atoms. The van der Waals surface area contributed by atoms with E-state index in [0.717, 1.165) is 31.1 Å². The van der Waals surface area contributed by atoms with Crippen LogP contribution < -0.4 is 10.2 Å². The van der Waals surface area contributed by atoms with Crippen LogP contribution in [-0.2, 0) is 0 Å². The predicted octanol–water partition coefficient (Wildman–Crippen LogP) is 1.31. The SMILES string of the molecule is CNCC1CCN(c2ccc(C#N)c(C)n2)C1. The molecule has 0 bridgehead atoms. The Hall–Kier alpha value is -1.60. The van der Waals surface area contributed by atoms with Crippen LogP contribution >= 0.6 is 0 Å². The Bertz CT molecular complexity index is 436. The first-order valence-corrected chi connectivity index (χ1v) is 6.02. The zero-order chi connectivity index (χ0) is 12.3. The van der Waals surface area contributed by atoms with E-state index in [2.05, 4.69) is 21.3 Å². The summed E-state index contributed by atoms with van der Waals surface area (Å²) in [6, 6.07) is 5.97. The van der Waals surface area contributed by atoms with E-state index in [4.69, 9.17) is 5.26 Å². The van der Waals surface area contributed by atoms with Crippen molar-refractivity contribution in [1.29, 1.82) is 5.26 Å². The Balaban J connectivity index is 2.09. The van der Waals surface area contributed by atoms with Crippen LogP contribution in [0.5, 0.6) is 0 Å². The lowest BCUT2D eigenvalue weighted by atomic mass is 10.1. The molecule has 0 radical (unpaired) electrons. The highest BCUT2D eigenvalue weighted by Crippen LogP contribution is 2.22. The molecule has 1 fully saturated rings. The molecule has 0 saturated carbocycles. The minimum Gasteiger partial charge on any atom is -0.356 e. The molecule has 1 saturated heterocycles. The Labute approximate surface area is 102 Å². The van der Waals surface area contributed by atoms with Crippen LogP contribution in [-0.4, -0.2) is 31.7 Å². The fourth-order valence-electron chi connectivity index (χ4n) is 2.34. The Kier molecular flexibility index (Phi) is 3.60. The second kappa shape index (κ2) is 5.15. The van der Waals surface area contributed by atoms with Crippen molar-refractivity contribution in [3.63, 3.8) is 0 Å². The highest BCUT2D eigenvalue weighted by atomic mass is 15.2.